The van der Waals surface area contributed by atoms with Crippen molar-refractivity contribution in [2.75, 3.05) is 7.05 Å². The maximum absolute atomic E-state index is 12.4. The second kappa shape index (κ2) is 6.16. The first-order chi connectivity index (χ1) is 11.0. The zero-order chi connectivity index (χ0) is 16.6. The highest BCUT2D eigenvalue weighted by Gasteiger charge is 2.26. The summed E-state index contributed by atoms with van der Waals surface area (Å²) in [4.78, 5) is 14.1. The number of aryl methyl sites for hydroxylation is 1. The molecule has 122 valence electrons. The van der Waals surface area contributed by atoms with Crippen LogP contribution in [0.3, 0.4) is 0 Å². The fraction of sp³-hybridized carbons (Fsp3) is 0.353. The van der Waals surface area contributed by atoms with Gasteiger partial charge in [0, 0.05) is 26.0 Å². The lowest BCUT2D eigenvalue weighted by Crippen LogP contribution is -2.38. The minimum absolute atomic E-state index is 0.0518. The van der Waals surface area contributed by atoms with Gasteiger partial charge in [0.2, 0.25) is 0 Å². The molecule has 0 spiro atoms. The lowest BCUT2D eigenvalue weighted by Gasteiger charge is -2.22. The van der Waals surface area contributed by atoms with Crippen molar-refractivity contribution in [3.63, 3.8) is 0 Å². The third-order valence-electron chi connectivity index (χ3n) is 4.36. The topological polar surface area (TPSA) is 57.5 Å². The molecule has 0 bridgehead atoms. The van der Waals surface area contributed by atoms with Crippen LogP contribution in [0.5, 0.6) is 5.75 Å². The molecule has 6 heteroatoms. The number of hydrogen-bond donors (Lipinski definition) is 2. The van der Waals surface area contributed by atoms with E-state index in [1.54, 1.807) is 18.0 Å². The van der Waals surface area contributed by atoms with Gasteiger partial charge in [-0.2, -0.15) is 0 Å². The minimum Gasteiger partial charge on any atom is -0.508 e. The Balaban J connectivity index is 1.66. The van der Waals surface area contributed by atoms with Crippen LogP contribution in [0.2, 0.25) is 5.02 Å². The molecule has 1 atom stereocenters. The van der Waals surface area contributed by atoms with E-state index in [1.807, 2.05) is 36.0 Å². The number of aromatic hydroxyl groups is 1. The van der Waals surface area contributed by atoms with Crippen LogP contribution in [0.1, 0.15) is 29.3 Å². The first kappa shape index (κ1) is 15.7. The number of phenolic OH excluding ortho intramolecular Hbond substituents is 1. The van der Waals surface area contributed by atoms with E-state index in [9.17, 15) is 9.90 Å². The molecule has 1 aliphatic carbocycles. The average molecular weight is 334 g/mol. The Morgan fingerprint density at radius 3 is 3.00 bits per heavy atom. The highest BCUT2D eigenvalue weighted by Crippen LogP contribution is 2.36. The Kier molecular flexibility index (Phi) is 4.22. The van der Waals surface area contributed by atoms with Gasteiger partial charge < -0.3 is 19.9 Å². The van der Waals surface area contributed by atoms with Crippen LogP contribution in [0.15, 0.2) is 30.5 Å². The Morgan fingerprint density at radius 2 is 2.30 bits per heavy atom. The van der Waals surface area contributed by atoms with Crippen molar-refractivity contribution in [1.82, 2.24) is 14.8 Å². The summed E-state index contributed by atoms with van der Waals surface area (Å²) in [5.41, 5.74) is 2.92. The molecular weight excluding hydrogens is 314 g/mol. The molecule has 0 saturated carbocycles. The standard InChI is InChI=1S/C17H20ClN3O2/c1-20-9-11(18)8-12(20)10-21(2)17(23)19-15-7-6-14-13(15)4-3-5-16(14)22/h3-5,8-9,15,22H,6-7,10H2,1-2H3,(H,19,23). The molecule has 0 fully saturated rings. The number of aromatic nitrogens is 1. The molecule has 1 heterocycles. The third-order valence-corrected chi connectivity index (χ3v) is 4.57. The molecule has 5 nitrogen and oxygen atoms in total. The molecule has 0 saturated heterocycles. The number of fused-ring (bicyclic) bond motifs is 1. The molecule has 2 amide bonds. The van der Waals surface area contributed by atoms with Gasteiger partial charge >= 0.3 is 6.03 Å². The van der Waals surface area contributed by atoms with Crippen molar-refractivity contribution < 1.29 is 9.90 Å². The lowest BCUT2D eigenvalue weighted by molar-refractivity contribution is 0.201. The smallest absolute Gasteiger partial charge is 0.317 e. The zero-order valence-electron chi connectivity index (χ0n) is 13.2. The van der Waals surface area contributed by atoms with Crippen LogP contribution in [0.4, 0.5) is 4.79 Å². The summed E-state index contributed by atoms with van der Waals surface area (Å²) in [5, 5.41) is 13.6. The van der Waals surface area contributed by atoms with E-state index in [0.717, 1.165) is 29.7 Å². The summed E-state index contributed by atoms with van der Waals surface area (Å²) >= 11 is 5.97. The fourth-order valence-electron chi connectivity index (χ4n) is 3.08. The quantitative estimate of drug-likeness (QED) is 0.906. The number of nitrogens with zero attached hydrogens (tertiary/aromatic N) is 2. The number of benzene rings is 1. The molecular formula is C17H20ClN3O2. The van der Waals surface area contributed by atoms with Gasteiger partial charge in [0.15, 0.2) is 0 Å². The average Bonchev–Trinajstić information content (AvgIpc) is 3.04. The summed E-state index contributed by atoms with van der Waals surface area (Å²) in [7, 11) is 3.66. The number of nitrogens with one attached hydrogen (secondary N) is 1. The van der Waals surface area contributed by atoms with Crippen LogP contribution in [0, 0.1) is 0 Å². The normalized spacial score (nSPS) is 16.2. The summed E-state index contributed by atoms with van der Waals surface area (Å²) in [5.74, 6) is 0.311. The predicted molar refractivity (Wildman–Crippen MR) is 89.6 cm³/mol. The van der Waals surface area contributed by atoms with Crippen LogP contribution in [-0.4, -0.2) is 27.7 Å². The molecule has 1 aliphatic rings. The molecule has 2 N–H and O–H groups in total. The number of urea groups is 1. The van der Waals surface area contributed by atoms with E-state index >= 15 is 0 Å². The second-order valence-corrected chi connectivity index (χ2v) is 6.44. The van der Waals surface area contributed by atoms with Gasteiger partial charge in [0.25, 0.3) is 0 Å². The van der Waals surface area contributed by atoms with Crippen molar-refractivity contribution >= 4 is 17.6 Å². The Hall–Kier alpha value is -2.14. The molecule has 23 heavy (non-hydrogen) atoms. The summed E-state index contributed by atoms with van der Waals surface area (Å²) in [6, 6.07) is 7.13. The maximum Gasteiger partial charge on any atom is 0.317 e. The van der Waals surface area contributed by atoms with E-state index in [0.29, 0.717) is 17.3 Å². The van der Waals surface area contributed by atoms with Gasteiger partial charge in [-0.1, -0.05) is 23.7 Å². The third kappa shape index (κ3) is 3.15. The fourth-order valence-corrected chi connectivity index (χ4v) is 3.35. The van der Waals surface area contributed by atoms with Gasteiger partial charge in [-0.15, -0.1) is 0 Å². The molecule has 0 radical (unpaired) electrons. The maximum atomic E-state index is 12.4. The summed E-state index contributed by atoms with van der Waals surface area (Å²) < 4.78 is 1.91. The van der Waals surface area contributed by atoms with Crippen molar-refractivity contribution in [1.29, 1.82) is 0 Å². The van der Waals surface area contributed by atoms with Crippen molar-refractivity contribution in [2.24, 2.45) is 7.05 Å². The number of hydrogen-bond acceptors (Lipinski definition) is 2. The van der Waals surface area contributed by atoms with E-state index in [1.165, 1.54) is 0 Å². The minimum atomic E-state index is -0.136. The first-order valence-corrected chi connectivity index (χ1v) is 7.96. The van der Waals surface area contributed by atoms with Crippen LogP contribution >= 0.6 is 11.6 Å². The number of halogens is 1. The zero-order valence-corrected chi connectivity index (χ0v) is 14.0. The Bertz CT molecular complexity index is 741. The molecule has 2 aromatic rings. The molecule has 3 rings (SSSR count). The van der Waals surface area contributed by atoms with E-state index in [4.69, 9.17) is 11.6 Å². The van der Waals surface area contributed by atoms with Crippen LogP contribution < -0.4 is 5.32 Å². The Morgan fingerprint density at radius 1 is 1.52 bits per heavy atom. The van der Waals surface area contributed by atoms with Crippen molar-refractivity contribution in [2.45, 2.75) is 25.4 Å². The molecule has 0 aliphatic heterocycles. The second-order valence-electron chi connectivity index (χ2n) is 6.00. The van der Waals surface area contributed by atoms with Gasteiger partial charge in [-0.05, 0) is 36.1 Å². The predicted octanol–water partition coefficient (Wildman–Crippen LogP) is 3.21. The molecule has 1 unspecified atom stereocenters. The SMILES string of the molecule is CN(Cc1cc(Cl)cn1C)C(=O)NC1CCc2c(O)cccc21. The number of carbonyl (C=O) groups is 1. The monoisotopic (exact) mass is 333 g/mol. The number of rotatable bonds is 3. The number of carbonyl (C=O) groups excluding carboxylic acids is 1. The van der Waals surface area contributed by atoms with Gasteiger partial charge in [0.1, 0.15) is 5.75 Å². The first-order valence-electron chi connectivity index (χ1n) is 7.59. The molecule has 1 aromatic carbocycles. The largest absolute Gasteiger partial charge is 0.508 e. The lowest BCUT2D eigenvalue weighted by atomic mass is 10.1. The Labute approximate surface area is 140 Å². The summed E-state index contributed by atoms with van der Waals surface area (Å²) in [6.07, 6.45) is 3.41. The van der Waals surface area contributed by atoms with Crippen molar-refractivity contribution in [3.05, 3.63) is 52.3 Å². The summed E-state index contributed by atoms with van der Waals surface area (Å²) in [6.45, 7) is 0.481. The highest BCUT2D eigenvalue weighted by atomic mass is 35.5. The van der Waals surface area contributed by atoms with E-state index < -0.39 is 0 Å². The van der Waals surface area contributed by atoms with Crippen LogP contribution in [0.25, 0.3) is 0 Å². The van der Waals surface area contributed by atoms with Gasteiger partial charge in [-0.25, -0.2) is 4.79 Å². The number of phenols is 1. The highest BCUT2D eigenvalue weighted by molar-refractivity contribution is 6.30. The molecule has 1 aromatic heterocycles. The van der Waals surface area contributed by atoms with Crippen LogP contribution in [-0.2, 0) is 20.0 Å². The van der Waals surface area contributed by atoms with E-state index in [2.05, 4.69) is 5.32 Å². The number of amides is 2. The van der Waals surface area contributed by atoms with Gasteiger partial charge in [0.05, 0.1) is 17.6 Å². The van der Waals surface area contributed by atoms with E-state index in [-0.39, 0.29) is 12.1 Å². The van der Waals surface area contributed by atoms with Crippen molar-refractivity contribution in [3.8, 4) is 5.75 Å². The van der Waals surface area contributed by atoms with Gasteiger partial charge in [-0.3, -0.25) is 0 Å².